The molecule has 1 heterocycles. The van der Waals surface area contributed by atoms with E-state index in [1.807, 2.05) is 17.1 Å². The minimum atomic E-state index is -0.850. The number of hydrogen-bond donors (Lipinski definition) is 3. The number of phenols is 1. The van der Waals surface area contributed by atoms with Crippen LogP contribution in [0.3, 0.4) is 0 Å². The van der Waals surface area contributed by atoms with Crippen molar-refractivity contribution in [3.63, 3.8) is 0 Å². The van der Waals surface area contributed by atoms with E-state index in [0.29, 0.717) is 17.1 Å². The summed E-state index contributed by atoms with van der Waals surface area (Å²) in [6, 6.07) is 10.7. The normalized spacial score (nSPS) is 13.5. The maximum absolute atomic E-state index is 10.9. The molecule has 0 bridgehead atoms. The summed E-state index contributed by atoms with van der Waals surface area (Å²) in [7, 11) is 0. The number of aromatic hydroxyl groups is 1. The molecule has 3 N–H and O–H groups in total. The Balaban J connectivity index is 2.03. The van der Waals surface area contributed by atoms with Gasteiger partial charge in [-0.25, -0.2) is 0 Å². The Morgan fingerprint density at radius 3 is 2.54 bits per heavy atom. The molecule has 0 atom stereocenters. The first-order valence-electron chi connectivity index (χ1n) is 8.37. The second-order valence-corrected chi connectivity index (χ2v) is 7.72. The number of hydrogen-bond acceptors (Lipinski definition) is 5. The maximum atomic E-state index is 10.9. The fourth-order valence-electron chi connectivity index (χ4n) is 3.02. The number of aryl methyl sites for hydroxylation is 1. The molecule has 3 rings (SSSR count). The number of carboxylic acid groups (broad SMARTS) is 1. The van der Waals surface area contributed by atoms with Gasteiger partial charge in [0.1, 0.15) is 11.4 Å². The third-order valence-corrected chi connectivity index (χ3v) is 4.38. The standard InChI is InChI=1S/C19H22ClN3O3/c1-19(2,3)22-15-11-13(20)6-7-14(15)21-23(22)16-10-12(4-8-17(16)24)5-9-18(25)26/h4,6-8,10-11,21,24H,5,9H2,1-3H3,(H,25,26). The lowest BCUT2D eigenvalue weighted by atomic mass is 10.1. The minimum Gasteiger partial charge on any atom is -0.506 e. The van der Waals surface area contributed by atoms with Crippen LogP contribution in [-0.4, -0.2) is 21.7 Å². The number of benzene rings is 2. The molecule has 0 saturated heterocycles. The molecule has 1 aliphatic heterocycles. The Morgan fingerprint density at radius 2 is 1.88 bits per heavy atom. The van der Waals surface area contributed by atoms with E-state index in [-0.39, 0.29) is 17.7 Å². The maximum Gasteiger partial charge on any atom is 0.303 e. The lowest BCUT2D eigenvalue weighted by Crippen LogP contribution is -2.52. The van der Waals surface area contributed by atoms with Crippen LogP contribution in [0.2, 0.25) is 5.02 Å². The third-order valence-electron chi connectivity index (χ3n) is 4.15. The number of carbonyl (C=O) groups is 1. The van der Waals surface area contributed by atoms with Crippen LogP contribution in [0.15, 0.2) is 36.4 Å². The summed E-state index contributed by atoms with van der Waals surface area (Å²) in [5.74, 6) is -0.748. The molecular weight excluding hydrogens is 354 g/mol. The van der Waals surface area contributed by atoms with Crippen molar-refractivity contribution in [1.82, 2.24) is 0 Å². The second kappa shape index (κ2) is 6.61. The Kier molecular flexibility index (Phi) is 4.63. The number of nitrogens with zero attached hydrogens (tertiary/aromatic N) is 2. The van der Waals surface area contributed by atoms with Crippen LogP contribution >= 0.6 is 11.6 Å². The molecule has 0 saturated carbocycles. The van der Waals surface area contributed by atoms with Gasteiger partial charge in [0.25, 0.3) is 0 Å². The van der Waals surface area contributed by atoms with Gasteiger partial charge in [-0.05, 0) is 63.1 Å². The van der Waals surface area contributed by atoms with Crippen LogP contribution in [0.5, 0.6) is 5.75 Å². The van der Waals surface area contributed by atoms with Crippen LogP contribution in [0.25, 0.3) is 0 Å². The Hall–Kier alpha value is -2.60. The van der Waals surface area contributed by atoms with E-state index < -0.39 is 5.97 Å². The van der Waals surface area contributed by atoms with Crippen molar-refractivity contribution in [2.75, 3.05) is 15.6 Å². The van der Waals surface area contributed by atoms with Crippen molar-refractivity contribution in [3.05, 3.63) is 47.0 Å². The van der Waals surface area contributed by atoms with Gasteiger partial charge in [0.05, 0.1) is 16.9 Å². The van der Waals surface area contributed by atoms with Crippen molar-refractivity contribution in [1.29, 1.82) is 0 Å². The van der Waals surface area contributed by atoms with E-state index in [9.17, 15) is 9.90 Å². The van der Waals surface area contributed by atoms with Gasteiger partial charge in [-0.2, -0.15) is 5.12 Å². The molecule has 0 spiro atoms. The molecular formula is C19H22ClN3O3. The van der Waals surface area contributed by atoms with Gasteiger partial charge in [-0.15, -0.1) is 0 Å². The third kappa shape index (κ3) is 3.51. The van der Waals surface area contributed by atoms with E-state index in [1.54, 1.807) is 29.4 Å². The molecule has 6 nitrogen and oxygen atoms in total. The van der Waals surface area contributed by atoms with Gasteiger partial charge in [0.15, 0.2) is 0 Å². The molecule has 26 heavy (non-hydrogen) atoms. The second-order valence-electron chi connectivity index (χ2n) is 7.28. The monoisotopic (exact) mass is 375 g/mol. The average molecular weight is 376 g/mol. The van der Waals surface area contributed by atoms with E-state index in [0.717, 1.165) is 16.9 Å². The van der Waals surface area contributed by atoms with Crippen LogP contribution in [-0.2, 0) is 11.2 Å². The molecule has 0 radical (unpaired) electrons. The van der Waals surface area contributed by atoms with Crippen molar-refractivity contribution in [2.24, 2.45) is 0 Å². The van der Waals surface area contributed by atoms with Crippen molar-refractivity contribution >= 4 is 34.6 Å². The molecule has 7 heteroatoms. The van der Waals surface area contributed by atoms with Gasteiger partial charge < -0.3 is 10.2 Å². The summed E-state index contributed by atoms with van der Waals surface area (Å²) in [5, 5.41) is 23.8. The number of halogens is 1. The Bertz CT molecular complexity index is 848. The molecule has 0 unspecified atom stereocenters. The lowest BCUT2D eigenvalue weighted by molar-refractivity contribution is -0.136. The smallest absolute Gasteiger partial charge is 0.303 e. The predicted octanol–water partition coefficient (Wildman–Crippen LogP) is 4.43. The molecule has 1 aliphatic rings. The van der Waals surface area contributed by atoms with E-state index >= 15 is 0 Å². The van der Waals surface area contributed by atoms with Crippen molar-refractivity contribution in [3.8, 4) is 5.75 Å². The molecule has 0 fully saturated rings. The van der Waals surface area contributed by atoms with Gasteiger partial charge in [0, 0.05) is 11.4 Å². The molecule has 0 amide bonds. The largest absolute Gasteiger partial charge is 0.506 e. The molecule has 2 aromatic carbocycles. The van der Waals surface area contributed by atoms with Crippen LogP contribution in [0.1, 0.15) is 32.8 Å². The quantitative estimate of drug-likeness (QED) is 0.734. The number of hydrazine groups is 2. The molecule has 0 aromatic heterocycles. The van der Waals surface area contributed by atoms with Crippen LogP contribution in [0.4, 0.5) is 17.1 Å². The fourth-order valence-corrected chi connectivity index (χ4v) is 3.19. The summed E-state index contributed by atoms with van der Waals surface area (Å²) in [5.41, 5.74) is 6.16. The lowest BCUT2D eigenvalue weighted by Gasteiger charge is -2.41. The number of carboxylic acids is 1. The zero-order valence-electron chi connectivity index (χ0n) is 15.0. The highest BCUT2D eigenvalue weighted by Gasteiger charge is 2.36. The first-order valence-corrected chi connectivity index (χ1v) is 8.75. The number of nitrogens with one attached hydrogen (secondary N) is 1. The van der Waals surface area contributed by atoms with Crippen molar-refractivity contribution in [2.45, 2.75) is 39.2 Å². The summed E-state index contributed by atoms with van der Waals surface area (Å²) >= 11 is 6.18. The van der Waals surface area contributed by atoms with E-state index in [4.69, 9.17) is 16.7 Å². The predicted molar refractivity (Wildman–Crippen MR) is 104 cm³/mol. The van der Waals surface area contributed by atoms with Gasteiger partial charge >= 0.3 is 5.97 Å². The first kappa shape index (κ1) is 18.2. The highest BCUT2D eigenvalue weighted by Crippen LogP contribution is 2.44. The summed E-state index contributed by atoms with van der Waals surface area (Å²) in [4.78, 5) is 10.9. The molecule has 2 aromatic rings. The SMILES string of the molecule is CC(C)(C)N1c2cc(Cl)ccc2NN1c1cc(CCC(=O)O)ccc1O. The zero-order chi connectivity index (χ0) is 19.1. The highest BCUT2D eigenvalue weighted by atomic mass is 35.5. The number of aliphatic carboxylic acids is 1. The van der Waals surface area contributed by atoms with Crippen LogP contribution in [0, 0.1) is 0 Å². The zero-order valence-corrected chi connectivity index (χ0v) is 15.7. The number of rotatable bonds is 4. The highest BCUT2D eigenvalue weighted by molar-refractivity contribution is 6.31. The Labute approximate surface area is 157 Å². The topological polar surface area (TPSA) is 76.0 Å². The number of fused-ring (bicyclic) bond motifs is 1. The molecule has 138 valence electrons. The Morgan fingerprint density at radius 1 is 1.15 bits per heavy atom. The van der Waals surface area contributed by atoms with Gasteiger partial charge in [-0.3, -0.25) is 15.2 Å². The average Bonchev–Trinajstić information content (AvgIpc) is 2.92. The van der Waals surface area contributed by atoms with Gasteiger partial charge in [-0.1, -0.05) is 17.7 Å². The number of phenolic OH excluding ortho intramolecular Hbond substituents is 1. The van der Waals surface area contributed by atoms with Crippen molar-refractivity contribution < 1.29 is 15.0 Å². The first-order chi connectivity index (χ1) is 12.2. The summed E-state index contributed by atoms with van der Waals surface area (Å²) in [6.45, 7) is 6.18. The van der Waals surface area contributed by atoms with Gasteiger partial charge in [0.2, 0.25) is 0 Å². The summed E-state index contributed by atoms with van der Waals surface area (Å²) < 4.78 is 0. The fraction of sp³-hybridized carbons (Fsp3) is 0.316. The van der Waals surface area contributed by atoms with E-state index in [1.165, 1.54) is 0 Å². The molecule has 0 aliphatic carbocycles. The van der Waals surface area contributed by atoms with Crippen LogP contribution < -0.4 is 15.6 Å². The summed E-state index contributed by atoms with van der Waals surface area (Å²) in [6.07, 6.45) is 0.432. The van der Waals surface area contributed by atoms with E-state index in [2.05, 4.69) is 26.2 Å². The number of anilines is 3. The minimum absolute atomic E-state index is 0.0382.